The Bertz CT molecular complexity index is 870. The van der Waals surface area contributed by atoms with Crippen molar-refractivity contribution < 1.29 is 9.53 Å². The number of aryl methyl sites for hydroxylation is 1. The summed E-state index contributed by atoms with van der Waals surface area (Å²) in [7, 11) is 0. The molecule has 2 aromatic carbocycles. The Morgan fingerprint density at radius 2 is 2.04 bits per heavy atom. The fourth-order valence-electron chi connectivity index (χ4n) is 2.20. The number of allylic oxidation sites excluding steroid dienone is 1. The molecule has 3 aromatic rings. The summed E-state index contributed by atoms with van der Waals surface area (Å²) in [6.07, 6.45) is 3.59. The number of ether oxygens (including phenoxy) is 1. The average molecular weight is 361 g/mol. The molecule has 122 valence electrons. The monoisotopic (exact) mass is 360 g/mol. The summed E-state index contributed by atoms with van der Waals surface area (Å²) in [6.45, 7) is 0. The largest absolute Gasteiger partial charge is 0.463 e. The predicted octanol–water partition coefficient (Wildman–Crippen LogP) is 4.96. The van der Waals surface area contributed by atoms with E-state index in [4.69, 9.17) is 27.9 Å². The van der Waals surface area contributed by atoms with Crippen molar-refractivity contribution in [3.63, 3.8) is 0 Å². The normalized spacial score (nSPS) is 11.2. The van der Waals surface area contributed by atoms with Crippen LogP contribution in [0, 0.1) is 0 Å². The van der Waals surface area contributed by atoms with Crippen LogP contribution in [0.5, 0.6) is 5.75 Å². The highest BCUT2D eigenvalue weighted by Crippen LogP contribution is 2.27. The third kappa shape index (κ3) is 4.16. The number of aromatic amines is 1. The van der Waals surface area contributed by atoms with Crippen molar-refractivity contribution >= 4 is 40.0 Å². The number of para-hydroxylation sites is 2. The number of carbonyl (C=O) groups excluding carboxylic acids is 1. The Morgan fingerprint density at radius 3 is 2.83 bits per heavy atom. The molecule has 0 atom stereocenters. The van der Waals surface area contributed by atoms with E-state index in [1.807, 2.05) is 24.3 Å². The molecule has 0 bridgehead atoms. The summed E-state index contributed by atoms with van der Waals surface area (Å²) in [5, 5.41) is 0.917. The lowest BCUT2D eigenvalue weighted by molar-refractivity contribution is -0.114. The number of ketones is 1. The number of nitrogens with one attached hydrogen (secondary N) is 1. The zero-order chi connectivity index (χ0) is 16.9. The predicted molar refractivity (Wildman–Crippen MR) is 95.7 cm³/mol. The van der Waals surface area contributed by atoms with E-state index in [0.717, 1.165) is 16.9 Å². The molecule has 24 heavy (non-hydrogen) atoms. The van der Waals surface area contributed by atoms with Gasteiger partial charge in [0.1, 0.15) is 11.6 Å². The number of aromatic nitrogens is 2. The zero-order valence-corrected chi connectivity index (χ0v) is 14.1. The van der Waals surface area contributed by atoms with Gasteiger partial charge in [0.15, 0.2) is 5.78 Å². The second-order valence-corrected chi connectivity index (χ2v) is 6.01. The Balaban J connectivity index is 1.53. The van der Waals surface area contributed by atoms with Gasteiger partial charge in [0, 0.05) is 23.9 Å². The third-order valence-electron chi connectivity index (χ3n) is 3.39. The summed E-state index contributed by atoms with van der Waals surface area (Å²) < 4.78 is 5.35. The minimum atomic E-state index is -0.0551. The minimum absolute atomic E-state index is 0.0551. The maximum atomic E-state index is 11.9. The van der Waals surface area contributed by atoms with E-state index >= 15 is 0 Å². The fourth-order valence-corrected chi connectivity index (χ4v) is 2.66. The van der Waals surface area contributed by atoms with Crippen molar-refractivity contribution in [2.45, 2.75) is 12.8 Å². The van der Waals surface area contributed by atoms with Crippen molar-refractivity contribution in [1.82, 2.24) is 9.97 Å². The molecule has 0 spiro atoms. The van der Waals surface area contributed by atoms with Gasteiger partial charge < -0.3 is 9.72 Å². The van der Waals surface area contributed by atoms with Crippen LogP contribution in [-0.2, 0) is 11.2 Å². The first-order chi connectivity index (χ1) is 11.6. The molecule has 4 nitrogen and oxygen atoms in total. The van der Waals surface area contributed by atoms with E-state index < -0.39 is 0 Å². The van der Waals surface area contributed by atoms with Gasteiger partial charge in [-0.05, 0) is 30.3 Å². The van der Waals surface area contributed by atoms with Crippen molar-refractivity contribution in [2.24, 2.45) is 0 Å². The van der Waals surface area contributed by atoms with Crippen molar-refractivity contribution in [3.8, 4) is 5.75 Å². The first-order valence-corrected chi connectivity index (χ1v) is 8.12. The number of hydrogen-bond acceptors (Lipinski definition) is 3. The highest BCUT2D eigenvalue weighted by Gasteiger charge is 2.05. The van der Waals surface area contributed by atoms with Gasteiger partial charge in [-0.25, -0.2) is 4.98 Å². The van der Waals surface area contributed by atoms with Crippen molar-refractivity contribution in [2.75, 3.05) is 0 Å². The second-order valence-electron chi connectivity index (χ2n) is 5.16. The van der Waals surface area contributed by atoms with Crippen molar-refractivity contribution in [3.05, 3.63) is 70.7 Å². The fraction of sp³-hybridized carbons (Fsp3) is 0.111. The van der Waals surface area contributed by atoms with Gasteiger partial charge in [-0.3, -0.25) is 4.79 Å². The van der Waals surface area contributed by atoms with E-state index in [1.54, 1.807) is 18.2 Å². The molecule has 0 aliphatic rings. The number of nitrogens with zero attached hydrogens (tertiary/aromatic N) is 1. The SMILES string of the molecule is O=C(/C=C/Oc1ccc(Cl)cc1Cl)CCc1nc2ccccc2[nH]1. The molecule has 0 unspecified atom stereocenters. The second kappa shape index (κ2) is 7.51. The number of imidazole rings is 1. The van der Waals surface area contributed by atoms with Crippen LogP contribution < -0.4 is 4.74 Å². The van der Waals surface area contributed by atoms with Gasteiger partial charge in [0.2, 0.25) is 0 Å². The van der Waals surface area contributed by atoms with Crippen LogP contribution in [0.2, 0.25) is 10.0 Å². The lowest BCUT2D eigenvalue weighted by Gasteiger charge is -2.02. The maximum Gasteiger partial charge on any atom is 0.159 e. The molecule has 0 fully saturated rings. The van der Waals surface area contributed by atoms with Crippen LogP contribution in [0.3, 0.4) is 0 Å². The molecule has 6 heteroatoms. The highest BCUT2D eigenvalue weighted by molar-refractivity contribution is 6.35. The van der Waals surface area contributed by atoms with E-state index in [-0.39, 0.29) is 5.78 Å². The minimum Gasteiger partial charge on any atom is -0.463 e. The maximum absolute atomic E-state index is 11.9. The van der Waals surface area contributed by atoms with Crippen LogP contribution in [-0.4, -0.2) is 15.8 Å². The molecule has 1 N–H and O–H groups in total. The van der Waals surface area contributed by atoms with Crippen LogP contribution in [0.25, 0.3) is 11.0 Å². The molecule has 0 aliphatic heterocycles. The quantitative estimate of drug-likeness (QED) is 0.499. The molecule has 1 aromatic heterocycles. The van der Waals surface area contributed by atoms with Crippen LogP contribution >= 0.6 is 23.2 Å². The van der Waals surface area contributed by atoms with Gasteiger partial charge in [-0.2, -0.15) is 0 Å². The molecule has 0 saturated carbocycles. The lowest BCUT2D eigenvalue weighted by Crippen LogP contribution is -1.98. The number of hydrogen-bond donors (Lipinski definition) is 1. The van der Waals surface area contributed by atoms with Crippen molar-refractivity contribution in [1.29, 1.82) is 0 Å². The Hall–Kier alpha value is -2.30. The first-order valence-electron chi connectivity index (χ1n) is 7.36. The van der Waals surface area contributed by atoms with Gasteiger partial charge >= 0.3 is 0 Å². The zero-order valence-electron chi connectivity index (χ0n) is 12.6. The van der Waals surface area contributed by atoms with E-state index in [9.17, 15) is 4.79 Å². The smallest absolute Gasteiger partial charge is 0.159 e. The number of rotatable bonds is 6. The van der Waals surface area contributed by atoms with Gasteiger partial charge in [0.25, 0.3) is 0 Å². The molecular weight excluding hydrogens is 347 g/mol. The molecule has 0 aliphatic carbocycles. The van der Waals surface area contributed by atoms with Gasteiger partial charge in [0.05, 0.1) is 22.3 Å². The topological polar surface area (TPSA) is 55.0 Å². The molecule has 3 rings (SSSR count). The molecule has 0 amide bonds. The Labute approximate surface area is 149 Å². The number of benzene rings is 2. The lowest BCUT2D eigenvalue weighted by atomic mass is 10.2. The molecule has 0 radical (unpaired) electrons. The van der Waals surface area contributed by atoms with Crippen LogP contribution in [0.4, 0.5) is 0 Å². The van der Waals surface area contributed by atoms with Crippen LogP contribution in [0.15, 0.2) is 54.8 Å². The summed E-state index contributed by atoms with van der Waals surface area (Å²) in [4.78, 5) is 19.5. The summed E-state index contributed by atoms with van der Waals surface area (Å²) in [5.41, 5.74) is 1.87. The van der Waals surface area contributed by atoms with E-state index in [0.29, 0.717) is 28.6 Å². The third-order valence-corrected chi connectivity index (χ3v) is 3.92. The number of halogens is 2. The molecular formula is C18H14Cl2N2O2. The summed E-state index contributed by atoms with van der Waals surface area (Å²) in [6, 6.07) is 12.7. The van der Waals surface area contributed by atoms with Gasteiger partial charge in [-0.15, -0.1) is 0 Å². The molecule has 0 saturated heterocycles. The van der Waals surface area contributed by atoms with Crippen LogP contribution in [0.1, 0.15) is 12.2 Å². The standard InChI is InChI=1S/C18H14Cl2N2O2/c19-12-5-7-17(14(20)11-12)24-10-9-13(23)6-8-18-21-15-3-1-2-4-16(15)22-18/h1-5,7,9-11H,6,8H2,(H,21,22)/b10-9+. The summed E-state index contributed by atoms with van der Waals surface area (Å²) >= 11 is 11.8. The highest BCUT2D eigenvalue weighted by atomic mass is 35.5. The first kappa shape index (κ1) is 16.6. The average Bonchev–Trinajstić information content (AvgIpc) is 2.98. The number of carbonyl (C=O) groups is 1. The summed E-state index contributed by atoms with van der Waals surface area (Å²) in [5.74, 6) is 1.18. The Morgan fingerprint density at radius 1 is 1.21 bits per heavy atom. The number of H-pyrrole nitrogens is 1. The Kier molecular flexibility index (Phi) is 5.18. The number of fused-ring (bicyclic) bond motifs is 1. The van der Waals surface area contributed by atoms with Gasteiger partial charge in [-0.1, -0.05) is 35.3 Å². The van der Waals surface area contributed by atoms with E-state index in [2.05, 4.69) is 9.97 Å². The molecule has 1 heterocycles. The van der Waals surface area contributed by atoms with E-state index in [1.165, 1.54) is 12.3 Å².